The van der Waals surface area contributed by atoms with Crippen molar-refractivity contribution in [2.45, 2.75) is 22.6 Å². The van der Waals surface area contributed by atoms with Gasteiger partial charge in [-0.1, -0.05) is 36.0 Å². The topological polar surface area (TPSA) is 72.9 Å². The number of carbonyl (C=O) groups excluding carboxylic acids is 1. The van der Waals surface area contributed by atoms with Crippen LogP contribution in [0.4, 0.5) is 16.2 Å². The van der Waals surface area contributed by atoms with Gasteiger partial charge in [0.2, 0.25) is 0 Å². The molecule has 0 bridgehead atoms. The second-order valence-electron chi connectivity index (χ2n) is 7.04. The molecule has 0 spiro atoms. The van der Waals surface area contributed by atoms with Crippen molar-refractivity contribution in [3.05, 3.63) is 48.5 Å². The molecule has 4 rings (SSSR count). The number of nitrogens with zero attached hydrogens (tertiary/aromatic N) is 2. The van der Waals surface area contributed by atoms with Crippen LogP contribution >= 0.6 is 11.8 Å². The van der Waals surface area contributed by atoms with Crippen molar-refractivity contribution in [1.82, 2.24) is 10.2 Å². The molecular formula is C21H23N3O3S. The van der Waals surface area contributed by atoms with E-state index in [1.165, 1.54) is 21.2 Å². The van der Waals surface area contributed by atoms with Gasteiger partial charge >= 0.3 is 12.0 Å². The Bertz CT molecular complexity index is 843. The lowest BCUT2D eigenvalue weighted by atomic mass is 10.1. The number of hydrogen-bond acceptors (Lipinski definition) is 4. The summed E-state index contributed by atoms with van der Waals surface area (Å²) in [6.07, 6.45) is 1.33. The zero-order chi connectivity index (χ0) is 19.5. The molecule has 2 aromatic carbocycles. The second kappa shape index (κ2) is 8.14. The van der Waals surface area contributed by atoms with Gasteiger partial charge < -0.3 is 20.2 Å². The van der Waals surface area contributed by atoms with Gasteiger partial charge in [-0.15, -0.1) is 0 Å². The van der Waals surface area contributed by atoms with Crippen molar-refractivity contribution >= 4 is 35.1 Å². The third-order valence-corrected chi connectivity index (χ3v) is 6.32. The average molecular weight is 398 g/mol. The number of para-hydroxylation sites is 2. The maximum atomic E-state index is 12.3. The predicted octanol–water partition coefficient (Wildman–Crippen LogP) is 3.80. The van der Waals surface area contributed by atoms with E-state index >= 15 is 0 Å². The molecule has 7 heteroatoms. The maximum absolute atomic E-state index is 12.3. The van der Waals surface area contributed by atoms with Crippen LogP contribution in [0.2, 0.25) is 0 Å². The summed E-state index contributed by atoms with van der Waals surface area (Å²) < 4.78 is 0. The van der Waals surface area contributed by atoms with Gasteiger partial charge in [-0.05, 0) is 37.1 Å². The highest BCUT2D eigenvalue weighted by Crippen LogP contribution is 2.47. The number of carboxylic acids is 1. The highest BCUT2D eigenvalue weighted by atomic mass is 32.2. The number of anilines is 2. The van der Waals surface area contributed by atoms with Crippen molar-refractivity contribution in [2.75, 3.05) is 31.1 Å². The van der Waals surface area contributed by atoms with E-state index in [1.54, 1.807) is 16.7 Å². The molecule has 1 fully saturated rings. The van der Waals surface area contributed by atoms with Crippen LogP contribution in [0.3, 0.4) is 0 Å². The molecule has 6 nitrogen and oxygen atoms in total. The lowest BCUT2D eigenvalue weighted by molar-refractivity contribution is -0.141. The predicted molar refractivity (Wildman–Crippen MR) is 109 cm³/mol. The summed E-state index contributed by atoms with van der Waals surface area (Å²) in [5.74, 6) is -1.26. The Morgan fingerprint density at radius 3 is 2.32 bits per heavy atom. The first-order valence-electron chi connectivity index (χ1n) is 9.52. The number of urea groups is 1. The fraction of sp³-hybridized carbons (Fsp3) is 0.333. The second-order valence-corrected chi connectivity index (χ2v) is 8.13. The number of aliphatic carboxylic acids is 1. The molecule has 0 radical (unpaired) electrons. The van der Waals surface area contributed by atoms with Gasteiger partial charge in [0.15, 0.2) is 0 Å². The normalized spacial score (nSPS) is 17.8. The maximum Gasteiger partial charge on any atom is 0.317 e. The summed E-state index contributed by atoms with van der Waals surface area (Å²) in [4.78, 5) is 29.7. The van der Waals surface area contributed by atoms with E-state index in [-0.39, 0.29) is 6.03 Å². The van der Waals surface area contributed by atoms with Gasteiger partial charge in [0.1, 0.15) is 0 Å². The summed E-state index contributed by atoms with van der Waals surface area (Å²) in [5.41, 5.74) is 2.39. The Kier molecular flexibility index (Phi) is 5.43. The average Bonchev–Trinajstić information content (AvgIpc) is 3.21. The zero-order valence-electron chi connectivity index (χ0n) is 15.5. The van der Waals surface area contributed by atoms with Crippen molar-refractivity contribution in [2.24, 2.45) is 5.92 Å². The molecule has 28 heavy (non-hydrogen) atoms. The van der Waals surface area contributed by atoms with E-state index in [1.807, 2.05) is 12.1 Å². The third-order valence-electron chi connectivity index (χ3n) is 5.19. The first kappa shape index (κ1) is 18.7. The number of benzene rings is 2. The molecule has 0 saturated carbocycles. The van der Waals surface area contributed by atoms with Crippen molar-refractivity contribution < 1.29 is 14.7 Å². The fourth-order valence-corrected chi connectivity index (χ4v) is 4.81. The fourth-order valence-electron chi connectivity index (χ4n) is 3.71. The minimum Gasteiger partial charge on any atom is -0.481 e. The van der Waals surface area contributed by atoms with E-state index in [0.717, 1.165) is 13.0 Å². The lowest BCUT2D eigenvalue weighted by Gasteiger charge is -2.32. The highest BCUT2D eigenvalue weighted by Gasteiger charge is 2.30. The monoisotopic (exact) mass is 397 g/mol. The highest BCUT2D eigenvalue weighted by molar-refractivity contribution is 7.99. The molecule has 2 aliphatic heterocycles. The van der Waals surface area contributed by atoms with E-state index in [0.29, 0.717) is 26.1 Å². The largest absolute Gasteiger partial charge is 0.481 e. The zero-order valence-corrected chi connectivity index (χ0v) is 16.3. The Balaban J connectivity index is 1.34. The summed E-state index contributed by atoms with van der Waals surface area (Å²) in [6, 6.07) is 16.6. The summed E-state index contributed by atoms with van der Waals surface area (Å²) in [6.45, 7) is 2.16. The number of rotatable bonds is 5. The number of amides is 2. The molecule has 1 saturated heterocycles. The molecule has 2 N–H and O–H groups in total. The number of hydrogen-bond donors (Lipinski definition) is 2. The minimum absolute atomic E-state index is 0.168. The van der Waals surface area contributed by atoms with Crippen molar-refractivity contribution in [3.8, 4) is 0 Å². The quantitative estimate of drug-likeness (QED) is 0.751. The van der Waals surface area contributed by atoms with Crippen LogP contribution in [-0.4, -0.2) is 48.2 Å². The molecule has 2 amide bonds. The number of fused-ring (bicyclic) bond motifs is 2. The summed E-state index contributed by atoms with van der Waals surface area (Å²) in [5, 5.41) is 12.0. The van der Waals surface area contributed by atoms with Crippen LogP contribution in [0.25, 0.3) is 0 Å². The van der Waals surface area contributed by atoms with Crippen LogP contribution < -0.4 is 10.2 Å². The number of carboxylic acid groups (broad SMARTS) is 1. The molecular weight excluding hydrogens is 374 g/mol. The summed E-state index contributed by atoms with van der Waals surface area (Å²) >= 11 is 1.78. The third kappa shape index (κ3) is 3.80. The Labute approximate surface area is 168 Å². The van der Waals surface area contributed by atoms with E-state index < -0.39 is 11.9 Å². The van der Waals surface area contributed by atoms with Crippen molar-refractivity contribution in [3.63, 3.8) is 0 Å². The number of likely N-dealkylation sites (tertiary alicyclic amines) is 1. The van der Waals surface area contributed by atoms with Gasteiger partial charge in [-0.25, -0.2) is 4.79 Å². The van der Waals surface area contributed by atoms with Gasteiger partial charge in [0.05, 0.1) is 17.3 Å². The van der Waals surface area contributed by atoms with E-state index in [4.69, 9.17) is 5.11 Å². The molecule has 2 heterocycles. The lowest BCUT2D eigenvalue weighted by Crippen LogP contribution is -2.40. The molecule has 1 unspecified atom stereocenters. The van der Waals surface area contributed by atoms with E-state index in [2.05, 4.69) is 46.6 Å². The van der Waals surface area contributed by atoms with Gasteiger partial charge in [-0.2, -0.15) is 0 Å². The Morgan fingerprint density at radius 2 is 1.71 bits per heavy atom. The first-order valence-corrected chi connectivity index (χ1v) is 10.3. The first-order chi connectivity index (χ1) is 13.6. The standard InChI is InChI=1S/C21H23N3O3S/c25-20(26)15-10-13-23(14-15)21(27)22-11-5-12-24-16-6-1-3-8-18(16)28-19-9-4-2-7-17(19)24/h1-4,6-9,15H,5,10-14H2,(H,22,27)(H,25,26). The Morgan fingerprint density at radius 1 is 1.07 bits per heavy atom. The molecule has 0 aromatic heterocycles. The molecule has 2 aromatic rings. The Hall–Kier alpha value is -2.67. The smallest absolute Gasteiger partial charge is 0.317 e. The summed E-state index contributed by atoms with van der Waals surface area (Å²) in [7, 11) is 0. The van der Waals surface area contributed by atoms with Gasteiger partial charge in [0, 0.05) is 36.0 Å². The molecule has 146 valence electrons. The van der Waals surface area contributed by atoms with E-state index in [9.17, 15) is 9.59 Å². The SMILES string of the molecule is O=C(O)C1CCN(C(=O)NCCCN2c3ccccc3Sc3ccccc32)C1. The van der Waals surface area contributed by atoms with Crippen LogP contribution in [0.15, 0.2) is 58.3 Å². The van der Waals surface area contributed by atoms with Gasteiger partial charge in [0.25, 0.3) is 0 Å². The number of carbonyl (C=O) groups is 2. The number of nitrogens with one attached hydrogen (secondary N) is 1. The van der Waals surface area contributed by atoms with Crippen LogP contribution in [0, 0.1) is 5.92 Å². The van der Waals surface area contributed by atoms with Crippen molar-refractivity contribution in [1.29, 1.82) is 0 Å². The van der Waals surface area contributed by atoms with Crippen LogP contribution in [-0.2, 0) is 4.79 Å². The van der Waals surface area contributed by atoms with Gasteiger partial charge in [-0.3, -0.25) is 4.79 Å². The molecule has 1 atom stereocenters. The minimum atomic E-state index is -0.824. The molecule has 2 aliphatic rings. The van der Waals surface area contributed by atoms with Crippen LogP contribution in [0.1, 0.15) is 12.8 Å². The van der Waals surface area contributed by atoms with Crippen LogP contribution in [0.5, 0.6) is 0 Å². The molecule has 0 aliphatic carbocycles.